The van der Waals surface area contributed by atoms with Crippen LogP contribution < -0.4 is 0 Å². The Morgan fingerprint density at radius 2 is 2.11 bits per heavy atom. The molecule has 0 saturated carbocycles. The normalized spacial score (nSPS) is 17.3. The third kappa shape index (κ3) is 3.77. The first-order valence-corrected chi connectivity index (χ1v) is 9.50. The van der Waals surface area contributed by atoms with E-state index < -0.39 is 6.10 Å². The quantitative estimate of drug-likeness (QED) is 0.776. The van der Waals surface area contributed by atoms with Crippen molar-refractivity contribution in [1.29, 1.82) is 0 Å². The molecule has 1 aromatic heterocycles. The van der Waals surface area contributed by atoms with Gasteiger partial charge in [-0.25, -0.2) is 9.86 Å². The number of amides is 2. The number of halogens is 1. The van der Waals surface area contributed by atoms with Gasteiger partial charge in [0.15, 0.2) is 0 Å². The Balaban J connectivity index is 1.76. The number of aromatic amines is 1. The van der Waals surface area contributed by atoms with Crippen molar-refractivity contribution in [2.45, 2.75) is 32.8 Å². The number of nitrogens with zero attached hydrogens (tertiary/aromatic N) is 3. The molecule has 1 atom stereocenters. The average Bonchev–Trinajstić information content (AvgIpc) is 3.13. The number of aromatic nitrogens is 2. The van der Waals surface area contributed by atoms with E-state index in [0.29, 0.717) is 18.1 Å². The maximum Gasteiger partial charge on any atom is 0.343 e. The van der Waals surface area contributed by atoms with Gasteiger partial charge < -0.3 is 10.0 Å². The van der Waals surface area contributed by atoms with Crippen molar-refractivity contribution in [2.75, 3.05) is 27.2 Å². The number of aliphatic hydroxyl groups excluding tert-OH is 1. The van der Waals surface area contributed by atoms with Gasteiger partial charge in [0.05, 0.1) is 24.9 Å². The van der Waals surface area contributed by atoms with E-state index in [1.165, 1.54) is 12.2 Å². The number of hydrogen-bond donors (Lipinski definition) is 2. The molecular weight excluding hydrogens is 368 g/mol. The zero-order valence-corrected chi connectivity index (χ0v) is 17.0. The lowest BCUT2D eigenvalue weighted by Gasteiger charge is -2.43. The van der Waals surface area contributed by atoms with Crippen LogP contribution in [0.3, 0.4) is 0 Å². The van der Waals surface area contributed by atoms with Gasteiger partial charge in [0, 0.05) is 36.1 Å². The lowest BCUT2D eigenvalue weighted by atomic mass is 9.68. The minimum atomic E-state index is -0.701. The number of aliphatic hydroxyl groups is 1. The topological polar surface area (TPSA) is 81.7 Å². The standard InChI is InChI=1S/C19H27ClN4O3/c1-19(2,13-5-7-24(8-6-13)18(26)23(3)27-4)17(25)15-10-14(20)9-12-11-21-22-16(12)15/h9-11,13,17,25H,5-8H2,1-4H3,(H,21,22). The first kappa shape index (κ1) is 19.9. The molecule has 0 bridgehead atoms. The van der Waals surface area contributed by atoms with Gasteiger partial charge in [0.1, 0.15) is 0 Å². The van der Waals surface area contributed by atoms with E-state index in [2.05, 4.69) is 24.0 Å². The van der Waals surface area contributed by atoms with Gasteiger partial charge in [-0.05, 0) is 36.3 Å². The summed E-state index contributed by atoms with van der Waals surface area (Å²) in [5.41, 5.74) is 1.19. The molecular formula is C19H27ClN4O3. The van der Waals surface area contributed by atoms with Crippen LogP contribution in [-0.4, -0.2) is 58.5 Å². The van der Waals surface area contributed by atoms with Crippen molar-refractivity contribution >= 4 is 28.5 Å². The van der Waals surface area contributed by atoms with Crippen molar-refractivity contribution in [3.8, 4) is 0 Å². The maximum atomic E-state index is 12.2. The second-order valence-electron chi connectivity index (χ2n) is 7.78. The van der Waals surface area contributed by atoms with E-state index >= 15 is 0 Å². The smallest absolute Gasteiger partial charge is 0.343 e. The van der Waals surface area contributed by atoms with Gasteiger partial charge in [-0.15, -0.1) is 0 Å². The fourth-order valence-corrected chi connectivity index (χ4v) is 4.21. The third-order valence-corrected chi connectivity index (χ3v) is 6.12. The Bertz CT molecular complexity index is 814. The van der Waals surface area contributed by atoms with Crippen LogP contribution in [0.4, 0.5) is 4.79 Å². The van der Waals surface area contributed by atoms with Crippen LogP contribution in [0.5, 0.6) is 0 Å². The number of hydrogen-bond acceptors (Lipinski definition) is 4. The highest BCUT2D eigenvalue weighted by molar-refractivity contribution is 6.31. The molecule has 148 valence electrons. The maximum absolute atomic E-state index is 12.2. The van der Waals surface area contributed by atoms with Gasteiger partial charge in [-0.3, -0.25) is 9.94 Å². The number of carbonyl (C=O) groups is 1. The largest absolute Gasteiger partial charge is 0.388 e. The number of hydroxylamine groups is 2. The van der Waals surface area contributed by atoms with Crippen LogP contribution in [0.1, 0.15) is 38.4 Å². The van der Waals surface area contributed by atoms with E-state index in [4.69, 9.17) is 16.4 Å². The van der Waals surface area contributed by atoms with E-state index in [1.807, 2.05) is 6.07 Å². The molecule has 0 spiro atoms. The van der Waals surface area contributed by atoms with Crippen LogP contribution in [0.25, 0.3) is 10.9 Å². The molecule has 1 aromatic carbocycles. The molecule has 2 N–H and O–H groups in total. The summed E-state index contributed by atoms with van der Waals surface area (Å²) >= 11 is 6.24. The summed E-state index contributed by atoms with van der Waals surface area (Å²) in [5, 5.41) is 21.0. The zero-order chi connectivity index (χ0) is 19.8. The number of nitrogens with one attached hydrogen (secondary N) is 1. The summed E-state index contributed by atoms with van der Waals surface area (Å²) in [5.74, 6) is 0.265. The summed E-state index contributed by atoms with van der Waals surface area (Å²) in [6.45, 7) is 5.43. The van der Waals surface area contributed by atoms with Crippen molar-refractivity contribution in [1.82, 2.24) is 20.2 Å². The Hall–Kier alpha value is -1.83. The number of fused-ring (bicyclic) bond motifs is 1. The predicted octanol–water partition coefficient (Wildman–Crippen LogP) is 3.60. The zero-order valence-electron chi connectivity index (χ0n) is 16.2. The van der Waals surface area contributed by atoms with Gasteiger partial charge in [-0.1, -0.05) is 25.4 Å². The van der Waals surface area contributed by atoms with E-state index in [0.717, 1.165) is 29.3 Å². The molecule has 2 heterocycles. The lowest BCUT2D eigenvalue weighted by Crippen LogP contribution is -2.47. The Labute approximate surface area is 164 Å². The Kier molecular flexibility index (Phi) is 5.65. The van der Waals surface area contributed by atoms with E-state index in [1.54, 1.807) is 24.2 Å². The first-order valence-electron chi connectivity index (χ1n) is 9.13. The number of likely N-dealkylation sites (tertiary alicyclic amines) is 1. The van der Waals surface area contributed by atoms with Crippen LogP contribution in [0, 0.1) is 11.3 Å². The molecule has 27 heavy (non-hydrogen) atoms. The summed E-state index contributed by atoms with van der Waals surface area (Å²) < 4.78 is 0. The van der Waals surface area contributed by atoms with Crippen molar-refractivity contribution in [3.63, 3.8) is 0 Å². The third-order valence-electron chi connectivity index (χ3n) is 5.90. The summed E-state index contributed by atoms with van der Waals surface area (Å²) in [7, 11) is 3.09. The number of benzene rings is 1. The minimum absolute atomic E-state index is 0.136. The molecule has 0 aliphatic carbocycles. The van der Waals surface area contributed by atoms with E-state index in [9.17, 15) is 9.90 Å². The highest BCUT2D eigenvalue weighted by Crippen LogP contribution is 2.46. The number of H-pyrrole nitrogens is 1. The Morgan fingerprint density at radius 1 is 1.44 bits per heavy atom. The number of carbonyl (C=O) groups excluding carboxylic acids is 1. The van der Waals surface area contributed by atoms with Crippen molar-refractivity contribution in [2.24, 2.45) is 11.3 Å². The molecule has 1 aliphatic rings. The van der Waals surface area contributed by atoms with Crippen LogP contribution in [0.15, 0.2) is 18.3 Å². The Morgan fingerprint density at radius 3 is 2.74 bits per heavy atom. The minimum Gasteiger partial charge on any atom is -0.388 e. The fraction of sp³-hybridized carbons (Fsp3) is 0.579. The molecule has 0 radical (unpaired) electrons. The second kappa shape index (κ2) is 7.66. The van der Waals surface area contributed by atoms with Gasteiger partial charge in [0.25, 0.3) is 0 Å². The van der Waals surface area contributed by atoms with Crippen LogP contribution >= 0.6 is 11.6 Å². The summed E-state index contributed by atoms with van der Waals surface area (Å²) in [6, 6.07) is 3.50. The van der Waals surface area contributed by atoms with Crippen LogP contribution in [0.2, 0.25) is 5.02 Å². The molecule has 2 aromatic rings. The molecule has 1 fully saturated rings. The van der Waals surface area contributed by atoms with Crippen molar-refractivity contribution in [3.05, 3.63) is 28.9 Å². The van der Waals surface area contributed by atoms with Gasteiger partial charge in [-0.2, -0.15) is 5.10 Å². The monoisotopic (exact) mass is 394 g/mol. The van der Waals surface area contributed by atoms with Gasteiger partial charge in [0.2, 0.25) is 0 Å². The van der Waals surface area contributed by atoms with Gasteiger partial charge >= 0.3 is 6.03 Å². The predicted molar refractivity (Wildman–Crippen MR) is 104 cm³/mol. The lowest BCUT2D eigenvalue weighted by molar-refractivity contribution is -0.0810. The summed E-state index contributed by atoms with van der Waals surface area (Å²) in [4.78, 5) is 19.0. The molecule has 2 amide bonds. The van der Waals surface area contributed by atoms with E-state index in [-0.39, 0.29) is 17.4 Å². The fourth-order valence-electron chi connectivity index (χ4n) is 3.98. The molecule has 1 unspecified atom stereocenters. The highest BCUT2D eigenvalue weighted by atomic mass is 35.5. The second-order valence-corrected chi connectivity index (χ2v) is 8.21. The number of rotatable bonds is 4. The molecule has 7 nitrogen and oxygen atoms in total. The average molecular weight is 395 g/mol. The molecule has 1 saturated heterocycles. The summed E-state index contributed by atoms with van der Waals surface area (Å²) in [6.07, 6.45) is 2.65. The highest BCUT2D eigenvalue weighted by Gasteiger charge is 2.40. The SMILES string of the molecule is CON(C)C(=O)N1CCC(C(C)(C)C(O)c2cc(Cl)cc3cn[nH]c23)CC1. The van der Waals surface area contributed by atoms with Crippen molar-refractivity contribution < 1.29 is 14.7 Å². The first-order chi connectivity index (χ1) is 12.8. The molecule has 8 heteroatoms. The molecule has 1 aliphatic heterocycles. The van der Waals surface area contributed by atoms with Crippen LogP contribution in [-0.2, 0) is 4.84 Å². The molecule has 3 rings (SSSR count). The number of piperidine rings is 1. The number of urea groups is 1.